The van der Waals surface area contributed by atoms with Gasteiger partial charge in [0, 0.05) is 23.5 Å². The van der Waals surface area contributed by atoms with Gasteiger partial charge < -0.3 is 10.1 Å². The molecule has 27 heavy (non-hydrogen) atoms. The molecule has 0 saturated heterocycles. The molecule has 0 unspecified atom stereocenters. The highest BCUT2D eigenvalue weighted by atomic mass is 16.5. The Bertz CT molecular complexity index is 774. The van der Waals surface area contributed by atoms with Gasteiger partial charge in [0.15, 0.2) is 5.78 Å². The number of unbranched alkanes of at least 4 members (excludes halogenated alkanes) is 1. The van der Waals surface area contributed by atoms with E-state index >= 15 is 0 Å². The predicted molar refractivity (Wildman–Crippen MR) is 109 cm³/mol. The number of hydrogen-bond donors (Lipinski definition) is 1. The van der Waals surface area contributed by atoms with Crippen LogP contribution < -0.4 is 5.32 Å². The summed E-state index contributed by atoms with van der Waals surface area (Å²) in [4.78, 5) is 24.1. The molecule has 0 aliphatic carbocycles. The summed E-state index contributed by atoms with van der Waals surface area (Å²) in [6, 6.07) is 14.6. The third-order valence-corrected chi connectivity index (χ3v) is 4.20. The van der Waals surface area contributed by atoms with E-state index in [1.54, 1.807) is 30.5 Å². The molecule has 0 aliphatic rings. The van der Waals surface area contributed by atoms with Crippen LogP contribution in [0.25, 0.3) is 0 Å². The molecule has 1 N–H and O–H groups in total. The van der Waals surface area contributed by atoms with Crippen LogP contribution in [0.4, 0.5) is 5.69 Å². The van der Waals surface area contributed by atoms with Crippen LogP contribution in [0.1, 0.15) is 65.8 Å². The van der Waals surface area contributed by atoms with Gasteiger partial charge in [-0.05, 0) is 42.2 Å². The number of ether oxygens (including phenoxy) is 1. The van der Waals surface area contributed by atoms with Crippen LogP contribution in [0.5, 0.6) is 0 Å². The van der Waals surface area contributed by atoms with Crippen LogP contribution in [0.2, 0.25) is 0 Å². The fourth-order valence-electron chi connectivity index (χ4n) is 2.44. The summed E-state index contributed by atoms with van der Waals surface area (Å²) in [5.41, 5.74) is 3.17. The lowest BCUT2D eigenvalue weighted by Gasteiger charge is -2.06. The van der Waals surface area contributed by atoms with E-state index in [-0.39, 0.29) is 11.8 Å². The molecule has 2 rings (SSSR count). The van der Waals surface area contributed by atoms with E-state index < -0.39 is 0 Å². The molecular formula is C23H27NO3. The molecule has 0 fully saturated rings. The van der Waals surface area contributed by atoms with Crippen LogP contribution in [0, 0.1) is 0 Å². The van der Waals surface area contributed by atoms with Crippen molar-refractivity contribution < 1.29 is 14.3 Å². The van der Waals surface area contributed by atoms with Gasteiger partial charge in [0.05, 0.1) is 12.2 Å². The summed E-state index contributed by atoms with van der Waals surface area (Å²) in [7, 11) is 0. The van der Waals surface area contributed by atoms with Crippen LogP contribution in [0.3, 0.4) is 0 Å². The number of carbonyl (C=O) groups is 2. The lowest BCUT2D eigenvalue weighted by atomic mass is 10.0. The van der Waals surface area contributed by atoms with E-state index in [0.29, 0.717) is 23.7 Å². The Kier molecular flexibility index (Phi) is 7.80. The van der Waals surface area contributed by atoms with Gasteiger partial charge in [-0.1, -0.05) is 51.5 Å². The lowest BCUT2D eigenvalue weighted by Crippen LogP contribution is -2.06. The van der Waals surface area contributed by atoms with Crippen molar-refractivity contribution in [3.8, 4) is 0 Å². The van der Waals surface area contributed by atoms with Gasteiger partial charge in [0.2, 0.25) is 0 Å². The maximum atomic E-state index is 12.2. The Hall–Kier alpha value is -2.88. The van der Waals surface area contributed by atoms with Crippen LogP contribution in [0.15, 0.2) is 60.8 Å². The fourth-order valence-corrected chi connectivity index (χ4v) is 2.44. The molecule has 0 bridgehead atoms. The molecule has 142 valence electrons. The predicted octanol–water partition coefficient (Wildman–Crippen LogP) is 5.58. The Morgan fingerprint density at radius 1 is 1.00 bits per heavy atom. The summed E-state index contributed by atoms with van der Waals surface area (Å²) in [6.45, 7) is 6.74. The highest BCUT2D eigenvalue weighted by Crippen LogP contribution is 2.15. The topological polar surface area (TPSA) is 55.4 Å². The van der Waals surface area contributed by atoms with Crippen molar-refractivity contribution in [2.24, 2.45) is 0 Å². The second-order valence-corrected chi connectivity index (χ2v) is 6.69. The average molecular weight is 365 g/mol. The quantitative estimate of drug-likeness (QED) is 0.273. The molecule has 2 aromatic rings. The first-order valence-electron chi connectivity index (χ1n) is 9.35. The SMILES string of the molecule is CCCCOC(=O)c1ccc(N/C=C/C(=O)c2ccc(C(C)C)cc2)cc1. The number of nitrogens with one attached hydrogen (secondary N) is 1. The Balaban J connectivity index is 1.88. The molecule has 0 amide bonds. The van der Waals surface area contributed by atoms with E-state index in [2.05, 4.69) is 19.2 Å². The summed E-state index contributed by atoms with van der Waals surface area (Å²) >= 11 is 0. The average Bonchev–Trinajstić information content (AvgIpc) is 2.68. The van der Waals surface area contributed by atoms with Crippen molar-refractivity contribution >= 4 is 17.4 Å². The maximum absolute atomic E-state index is 12.2. The van der Waals surface area contributed by atoms with Crippen molar-refractivity contribution in [1.29, 1.82) is 0 Å². The zero-order valence-electron chi connectivity index (χ0n) is 16.2. The third kappa shape index (κ3) is 6.41. The number of anilines is 1. The molecule has 2 aromatic carbocycles. The summed E-state index contributed by atoms with van der Waals surface area (Å²) in [6.07, 6.45) is 4.96. The minimum atomic E-state index is -0.314. The molecule has 0 aromatic heterocycles. The molecule has 0 aliphatic heterocycles. The standard InChI is InChI=1S/C23H27NO3/c1-4-5-16-27-23(26)20-10-12-21(13-11-20)24-15-14-22(25)19-8-6-18(7-9-19)17(2)3/h6-15,17,24H,4-5,16H2,1-3H3/b15-14+. The van der Waals surface area contributed by atoms with Crippen LogP contribution in [-0.4, -0.2) is 18.4 Å². The minimum absolute atomic E-state index is 0.0612. The van der Waals surface area contributed by atoms with Crippen LogP contribution in [-0.2, 0) is 4.74 Å². The van der Waals surface area contributed by atoms with Gasteiger partial charge in [-0.2, -0.15) is 0 Å². The van der Waals surface area contributed by atoms with Gasteiger partial charge >= 0.3 is 5.97 Å². The van der Waals surface area contributed by atoms with E-state index in [9.17, 15) is 9.59 Å². The van der Waals surface area contributed by atoms with Crippen molar-refractivity contribution in [1.82, 2.24) is 0 Å². The number of ketones is 1. The number of rotatable bonds is 9. The van der Waals surface area contributed by atoms with Crippen molar-refractivity contribution in [3.05, 3.63) is 77.5 Å². The van der Waals surface area contributed by atoms with Crippen molar-refractivity contribution in [2.45, 2.75) is 39.5 Å². The molecule has 0 saturated carbocycles. The third-order valence-electron chi connectivity index (χ3n) is 4.20. The summed E-state index contributed by atoms with van der Waals surface area (Å²) in [5, 5.41) is 3.04. The Labute approximate surface area is 161 Å². The first kappa shape index (κ1) is 20.4. The highest BCUT2D eigenvalue weighted by molar-refractivity contribution is 6.04. The zero-order chi connectivity index (χ0) is 19.6. The van der Waals surface area contributed by atoms with Crippen molar-refractivity contribution in [3.63, 3.8) is 0 Å². The van der Waals surface area contributed by atoms with Gasteiger partial charge in [-0.15, -0.1) is 0 Å². The highest BCUT2D eigenvalue weighted by Gasteiger charge is 2.06. The van der Waals surface area contributed by atoms with E-state index in [1.807, 2.05) is 31.2 Å². The van der Waals surface area contributed by atoms with E-state index in [0.717, 1.165) is 18.5 Å². The molecule has 0 spiro atoms. The molecule has 0 atom stereocenters. The second kappa shape index (κ2) is 10.3. The molecule has 0 radical (unpaired) electrons. The maximum Gasteiger partial charge on any atom is 0.338 e. The minimum Gasteiger partial charge on any atom is -0.462 e. The van der Waals surface area contributed by atoms with E-state index in [4.69, 9.17) is 4.74 Å². The first-order valence-corrected chi connectivity index (χ1v) is 9.35. The molecule has 4 nitrogen and oxygen atoms in total. The van der Waals surface area contributed by atoms with Gasteiger partial charge in [-0.3, -0.25) is 4.79 Å². The van der Waals surface area contributed by atoms with Gasteiger partial charge in [-0.25, -0.2) is 4.79 Å². The lowest BCUT2D eigenvalue weighted by molar-refractivity contribution is 0.0499. The smallest absolute Gasteiger partial charge is 0.338 e. The number of hydrogen-bond acceptors (Lipinski definition) is 4. The number of benzene rings is 2. The Morgan fingerprint density at radius 3 is 2.22 bits per heavy atom. The van der Waals surface area contributed by atoms with Gasteiger partial charge in [0.25, 0.3) is 0 Å². The largest absolute Gasteiger partial charge is 0.462 e. The number of carbonyl (C=O) groups excluding carboxylic acids is 2. The molecule has 0 heterocycles. The second-order valence-electron chi connectivity index (χ2n) is 6.69. The summed E-state index contributed by atoms with van der Waals surface area (Å²) in [5.74, 6) is 0.0674. The normalized spacial score (nSPS) is 11.0. The summed E-state index contributed by atoms with van der Waals surface area (Å²) < 4.78 is 5.18. The van der Waals surface area contributed by atoms with Crippen molar-refractivity contribution in [2.75, 3.05) is 11.9 Å². The Morgan fingerprint density at radius 2 is 1.63 bits per heavy atom. The van der Waals surface area contributed by atoms with E-state index in [1.165, 1.54) is 11.6 Å². The first-order chi connectivity index (χ1) is 13.0. The fraction of sp³-hybridized carbons (Fsp3) is 0.304. The van der Waals surface area contributed by atoms with Crippen LogP contribution >= 0.6 is 0 Å². The zero-order valence-corrected chi connectivity index (χ0v) is 16.2. The molecular weight excluding hydrogens is 338 g/mol. The number of allylic oxidation sites excluding steroid dienone is 1. The monoisotopic (exact) mass is 365 g/mol. The number of esters is 1. The molecule has 4 heteroatoms. The van der Waals surface area contributed by atoms with Gasteiger partial charge in [0.1, 0.15) is 0 Å².